The van der Waals surface area contributed by atoms with Crippen molar-refractivity contribution in [1.82, 2.24) is 4.98 Å². The maximum atomic E-state index is 13.5. The number of carboxylic acid groups (broad SMARTS) is 1. The fourth-order valence-corrected chi connectivity index (χ4v) is 3.95. The third-order valence-electron chi connectivity index (χ3n) is 5.17. The average molecular weight is 520 g/mol. The van der Waals surface area contributed by atoms with Crippen LogP contribution in [0.25, 0.3) is 0 Å². The minimum atomic E-state index is -1.60. The second kappa shape index (κ2) is 11.2. The number of carboxylic acids is 1. The predicted molar refractivity (Wildman–Crippen MR) is 135 cm³/mol. The largest absolute Gasteiger partial charge is 0.504 e. The normalized spacial score (nSPS) is 12.2. The van der Waals surface area contributed by atoms with Crippen molar-refractivity contribution >= 4 is 34.1 Å². The van der Waals surface area contributed by atoms with Gasteiger partial charge in [-0.2, -0.15) is 0 Å². The maximum absolute atomic E-state index is 13.5. The Morgan fingerprint density at radius 3 is 2.03 bits per heavy atom. The lowest BCUT2D eigenvalue weighted by Crippen LogP contribution is -2.22. The Hall–Kier alpha value is -4.90. The minimum absolute atomic E-state index is 0.0536. The van der Waals surface area contributed by atoms with Crippen LogP contribution in [0.5, 0.6) is 11.5 Å². The molecule has 0 aliphatic carbocycles. The highest BCUT2D eigenvalue weighted by atomic mass is 32.1. The predicted octanol–water partition coefficient (Wildman–Crippen LogP) is 4.02. The Balaban J connectivity index is 1.71. The molecule has 3 aromatic carbocycles. The summed E-state index contributed by atoms with van der Waals surface area (Å²) in [5.74, 6) is -3.32. The minimum Gasteiger partial charge on any atom is -0.504 e. The number of aromatic hydroxyl groups is 2. The van der Waals surface area contributed by atoms with Gasteiger partial charge in [-0.25, -0.2) is 14.6 Å². The Labute approximate surface area is 214 Å². The second-order valence-corrected chi connectivity index (χ2v) is 8.58. The van der Waals surface area contributed by atoms with E-state index in [0.717, 1.165) is 23.5 Å². The van der Waals surface area contributed by atoms with E-state index in [2.05, 4.69) is 10.1 Å². The van der Waals surface area contributed by atoms with Gasteiger partial charge in [0, 0.05) is 10.9 Å². The number of aromatic nitrogens is 1. The lowest BCUT2D eigenvalue weighted by atomic mass is 10.0. The summed E-state index contributed by atoms with van der Waals surface area (Å²) in [6, 6.07) is 21.6. The van der Waals surface area contributed by atoms with Gasteiger partial charge in [0.25, 0.3) is 0 Å². The average Bonchev–Trinajstić information content (AvgIpc) is 3.33. The number of phenols is 2. The number of phenolic OH excluding ortho intramolecular Hbond substituents is 2. The topological polar surface area (TPSA) is 165 Å². The van der Waals surface area contributed by atoms with Crippen LogP contribution in [-0.4, -0.2) is 38.0 Å². The molecule has 4 aromatic rings. The van der Waals surface area contributed by atoms with Crippen LogP contribution in [-0.2, 0) is 19.2 Å². The molecule has 37 heavy (non-hydrogen) atoms. The molecule has 0 aliphatic heterocycles. The highest BCUT2D eigenvalue weighted by Crippen LogP contribution is 2.33. The Bertz CT molecular complexity index is 1390. The van der Waals surface area contributed by atoms with E-state index in [0.29, 0.717) is 11.1 Å². The first-order valence-corrected chi connectivity index (χ1v) is 11.7. The van der Waals surface area contributed by atoms with Crippen molar-refractivity contribution in [3.63, 3.8) is 0 Å². The molecule has 0 bridgehead atoms. The van der Waals surface area contributed by atoms with E-state index >= 15 is 0 Å². The Morgan fingerprint density at radius 1 is 0.892 bits per heavy atom. The fourth-order valence-electron chi connectivity index (χ4n) is 3.40. The van der Waals surface area contributed by atoms with E-state index in [4.69, 9.17) is 15.3 Å². The molecule has 0 saturated carbocycles. The number of anilines is 1. The molecule has 1 heterocycles. The van der Waals surface area contributed by atoms with Crippen LogP contribution in [0.3, 0.4) is 0 Å². The first-order chi connectivity index (χ1) is 17.8. The first kappa shape index (κ1) is 25.2. The molecular weight excluding hydrogens is 498 g/mol. The molecule has 0 amide bonds. The zero-order chi connectivity index (χ0) is 26.4. The Kier molecular flexibility index (Phi) is 7.65. The number of esters is 1. The monoisotopic (exact) mass is 519 g/mol. The summed E-state index contributed by atoms with van der Waals surface area (Å²) in [5.41, 5.74) is 6.39. The van der Waals surface area contributed by atoms with Crippen LogP contribution in [0.2, 0.25) is 0 Å². The van der Waals surface area contributed by atoms with E-state index in [9.17, 15) is 24.9 Å². The smallest absolute Gasteiger partial charge is 0.360 e. The summed E-state index contributed by atoms with van der Waals surface area (Å²) in [6.07, 6.45) is -2.43. The molecule has 5 N–H and O–H groups in total. The number of nitrogens with zero attached hydrogens (tertiary/aromatic N) is 2. The zero-order valence-electron chi connectivity index (χ0n) is 19.1. The summed E-state index contributed by atoms with van der Waals surface area (Å²) in [4.78, 5) is 34.6. The quantitative estimate of drug-likeness (QED) is 0.111. The van der Waals surface area contributed by atoms with Crippen molar-refractivity contribution in [2.75, 3.05) is 5.73 Å². The van der Waals surface area contributed by atoms with Crippen LogP contribution >= 0.6 is 11.3 Å². The van der Waals surface area contributed by atoms with Gasteiger partial charge in [0.05, 0.1) is 0 Å². The van der Waals surface area contributed by atoms with Gasteiger partial charge in [-0.15, -0.1) is 11.3 Å². The van der Waals surface area contributed by atoms with Crippen molar-refractivity contribution in [2.45, 2.75) is 12.2 Å². The summed E-state index contributed by atoms with van der Waals surface area (Å²) in [7, 11) is 0. The van der Waals surface area contributed by atoms with Gasteiger partial charge < -0.3 is 30.6 Å². The highest BCUT2D eigenvalue weighted by Gasteiger charge is 2.30. The fraction of sp³-hybridized carbons (Fsp3) is 0.0769. The number of hydrogen-bond acceptors (Lipinski definition) is 10. The van der Waals surface area contributed by atoms with Gasteiger partial charge in [-0.1, -0.05) is 71.9 Å². The number of thiazole rings is 1. The van der Waals surface area contributed by atoms with Crippen LogP contribution in [0.1, 0.15) is 34.6 Å². The van der Waals surface area contributed by atoms with Gasteiger partial charge in [0.15, 0.2) is 22.7 Å². The van der Waals surface area contributed by atoms with Gasteiger partial charge in [0.1, 0.15) is 5.69 Å². The number of carbonyl (C=O) groups excluding carboxylic acids is 1. The van der Waals surface area contributed by atoms with Crippen LogP contribution in [0.4, 0.5) is 5.13 Å². The number of aliphatic carboxylic acids is 1. The molecule has 0 aliphatic rings. The summed E-state index contributed by atoms with van der Waals surface area (Å²) in [5, 5.41) is 34.5. The van der Waals surface area contributed by atoms with Crippen molar-refractivity contribution < 1.29 is 34.5 Å². The lowest BCUT2D eigenvalue weighted by Gasteiger charge is -2.22. The summed E-state index contributed by atoms with van der Waals surface area (Å²) >= 11 is 1.01. The van der Waals surface area contributed by atoms with Crippen molar-refractivity contribution in [3.8, 4) is 11.5 Å². The number of nitrogen functional groups attached to an aromatic ring is 1. The first-order valence-electron chi connectivity index (χ1n) is 10.8. The molecule has 1 unspecified atom stereocenters. The SMILES string of the molecule is Nc1nc(/C(=N\OC(C(=O)OC(c2ccccc2)c2ccccc2)c2ccc(O)c(O)c2)C(=O)O)cs1. The third-order valence-corrected chi connectivity index (χ3v) is 5.85. The third kappa shape index (κ3) is 6.03. The lowest BCUT2D eigenvalue weighted by molar-refractivity contribution is -0.162. The van der Waals surface area contributed by atoms with Gasteiger partial charge in [-0.3, -0.25) is 0 Å². The van der Waals surface area contributed by atoms with E-state index in [1.165, 1.54) is 11.4 Å². The molecule has 0 radical (unpaired) electrons. The molecule has 0 fully saturated rings. The molecule has 1 aromatic heterocycles. The summed E-state index contributed by atoms with van der Waals surface area (Å²) < 4.78 is 5.85. The molecule has 11 heteroatoms. The van der Waals surface area contributed by atoms with E-state index in [-0.39, 0.29) is 16.4 Å². The standard InChI is InChI=1S/C26H21N3O7S/c27-26-28-18(14-37-26)21(24(32)33)29-36-23(17-11-12-19(30)20(31)13-17)25(34)35-22(15-7-3-1-4-8-15)16-9-5-2-6-10-16/h1-14,22-23,30-31H,(H2,27,28)(H,32,33)/b29-21+. The van der Waals surface area contributed by atoms with Gasteiger partial charge >= 0.3 is 11.9 Å². The van der Waals surface area contributed by atoms with Crippen LogP contribution in [0, 0.1) is 0 Å². The summed E-state index contributed by atoms with van der Waals surface area (Å²) in [6.45, 7) is 0. The number of hydrogen-bond donors (Lipinski definition) is 4. The molecule has 0 spiro atoms. The Morgan fingerprint density at radius 2 is 1.51 bits per heavy atom. The molecule has 10 nitrogen and oxygen atoms in total. The molecule has 188 valence electrons. The molecule has 4 rings (SSSR count). The van der Waals surface area contributed by atoms with Crippen molar-refractivity contribution in [3.05, 3.63) is 107 Å². The van der Waals surface area contributed by atoms with Crippen molar-refractivity contribution in [2.24, 2.45) is 5.16 Å². The number of ether oxygens (including phenoxy) is 1. The van der Waals surface area contributed by atoms with E-state index < -0.39 is 41.4 Å². The highest BCUT2D eigenvalue weighted by molar-refractivity contribution is 7.13. The van der Waals surface area contributed by atoms with Crippen LogP contribution < -0.4 is 5.73 Å². The van der Waals surface area contributed by atoms with Crippen molar-refractivity contribution in [1.29, 1.82) is 0 Å². The molecule has 0 saturated heterocycles. The number of carbonyl (C=O) groups is 2. The van der Waals surface area contributed by atoms with Gasteiger partial charge in [-0.05, 0) is 23.3 Å². The maximum Gasteiger partial charge on any atom is 0.360 e. The van der Waals surface area contributed by atoms with Crippen LogP contribution in [0.15, 0.2) is 89.4 Å². The van der Waals surface area contributed by atoms with E-state index in [1.807, 2.05) is 12.1 Å². The number of benzene rings is 3. The van der Waals surface area contributed by atoms with E-state index in [1.54, 1.807) is 48.5 Å². The number of oxime groups is 1. The van der Waals surface area contributed by atoms with Gasteiger partial charge in [0.2, 0.25) is 11.8 Å². The molecule has 1 atom stereocenters. The number of rotatable bonds is 9. The molecular formula is C26H21N3O7S. The zero-order valence-corrected chi connectivity index (χ0v) is 19.9. The number of nitrogens with two attached hydrogens (primary N) is 1. The second-order valence-electron chi connectivity index (χ2n) is 7.69.